The summed E-state index contributed by atoms with van der Waals surface area (Å²) in [6.45, 7) is 9.44. The lowest BCUT2D eigenvalue weighted by Crippen LogP contribution is -2.22. The fourth-order valence-electron chi connectivity index (χ4n) is 2.04. The van der Waals surface area contributed by atoms with Crippen LogP contribution in [0.3, 0.4) is 0 Å². The highest BCUT2D eigenvalue weighted by molar-refractivity contribution is 7.99. The Labute approximate surface area is 137 Å². The van der Waals surface area contributed by atoms with E-state index in [9.17, 15) is 0 Å². The predicted molar refractivity (Wildman–Crippen MR) is 93.5 cm³/mol. The largest absolute Gasteiger partial charge is 0.310 e. The first-order valence-corrected chi connectivity index (χ1v) is 8.42. The van der Waals surface area contributed by atoms with Gasteiger partial charge in [-0.25, -0.2) is 0 Å². The van der Waals surface area contributed by atoms with Crippen molar-refractivity contribution in [3.8, 4) is 0 Å². The second-order valence-electron chi connectivity index (χ2n) is 5.66. The summed E-state index contributed by atoms with van der Waals surface area (Å²) in [5.74, 6) is 0. The van der Waals surface area contributed by atoms with Crippen LogP contribution in [0.25, 0.3) is 0 Å². The Kier molecular flexibility index (Phi) is 5.74. The molecule has 1 nitrogen and oxygen atoms in total. The normalized spacial score (nSPS) is 11.1. The highest BCUT2D eigenvalue weighted by Crippen LogP contribution is 2.34. The van der Waals surface area contributed by atoms with Crippen LogP contribution >= 0.6 is 23.4 Å². The molecule has 0 radical (unpaired) electrons. The predicted octanol–water partition coefficient (Wildman–Crippen LogP) is 5.61. The van der Waals surface area contributed by atoms with Crippen molar-refractivity contribution < 1.29 is 0 Å². The second kappa shape index (κ2) is 7.35. The smallest absolute Gasteiger partial charge is 0.0410 e. The van der Waals surface area contributed by atoms with E-state index in [1.54, 1.807) is 0 Å². The van der Waals surface area contributed by atoms with E-state index in [2.05, 4.69) is 63.3 Å². The summed E-state index contributed by atoms with van der Waals surface area (Å²) in [6.07, 6.45) is 0. The minimum Gasteiger partial charge on any atom is -0.310 e. The molecule has 0 bridgehead atoms. The van der Waals surface area contributed by atoms with Crippen molar-refractivity contribution in [3.05, 3.63) is 58.1 Å². The topological polar surface area (TPSA) is 12.0 Å². The quantitative estimate of drug-likeness (QED) is 0.769. The average Bonchev–Trinajstić information content (AvgIpc) is 2.43. The van der Waals surface area contributed by atoms with E-state index in [1.165, 1.54) is 26.5 Å². The third-order valence-electron chi connectivity index (χ3n) is 3.29. The van der Waals surface area contributed by atoms with Gasteiger partial charge in [0.25, 0.3) is 0 Å². The SMILES string of the molecule is Cc1ccc(C)c(Sc2ccc(Cl)cc2CNC(C)C)c1. The number of rotatable bonds is 5. The molecule has 0 atom stereocenters. The molecule has 0 aromatic heterocycles. The van der Waals surface area contributed by atoms with Crippen LogP contribution in [0.2, 0.25) is 5.02 Å². The molecule has 0 unspecified atom stereocenters. The van der Waals surface area contributed by atoms with Crippen molar-refractivity contribution in [2.24, 2.45) is 0 Å². The van der Waals surface area contributed by atoms with Crippen LogP contribution in [0.4, 0.5) is 0 Å². The van der Waals surface area contributed by atoms with Gasteiger partial charge in [0.15, 0.2) is 0 Å². The van der Waals surface area contributed by atoms with Crippen LogP contribution in [0.5, 0.6) is 0 Å². The zero-order valence-electron chi connectivity index (χ0n) is 13.0. The maximum absolute atomic E-state index is 6.15. The molecule has 1 N–H and O–H groups in total. The molecule has 112 valence electrons. The minimum atomic E-state index is 0.461. The Hall–Kier alpha value is -0.960. The van der Waals surface area contributed by atoms with Gasteiger partial charge >= 0.3 is 0 Å². The zero-order valence-corrected chi connectivity index (χ0v) is 14.6. The molecule has 3 heteroatoms. The van der Waals surface area contributed by atoms with Crippen molar-refractivity contribution in [3.63, 3.8) is 0 Å². The summed E-state index contributed by atoms with van der Waals surface area (Å²) in [7, 11) is 0. The van der Waals surface area contributed by atoms with Gasteiger partial charge in [0.05, 0.1) is 0 Å². The zero-order chi connectivity index (χ0) is 15.4. The lowest BCUT2D eigenvalue weighted by atomic mass is 10.2. The number of nitrogens with one attached hydrogen (secondary N) is 1. The van der Waals surface area contributed by atoms with Crippen LogP contribution < -0.4 is 5.32 Å². The fourth-order valence-corrected chi connectivity index (χ4v) is 3.34. The van der Waals surface area contributed by atoms with E-state index in [0.717, 1.165) is 11.6 Å². The maximum atomic E-state index is 6.15. The molecule has 0 saturated heterocycles. The molecule has 0 spiro atoms. The molecule has 21 heavy (non-hydrogen) atoms. The van der Waals surface area contributed by atoms with Gasteiger partial charge in [-0.3, -0.25) is 0 Å². The third-order valence-corrected chi connectivity index (χ3v) is 4.80. The monoisotopic (exact) mass is 319 g/mol. The van der Waals surface area contributed by atoms with Crippen molar-refractivity contribution in [2.75, 3.05) is 0 Å². The fraction of sp³-hybridized carbons (Fsp3) is 0.333. The molecule has 0 amide bonds. The van der Waals surface area contributed by atoms with Crippen LogP contribution in [0.1, 0.15) is 30.5 Å². The van der Waals surface area contributed by atoms with E-state index in [-0.39, 0.29) is 0 Å². The number of halogens is 1. The van der Waals surface area contributed by atoms with Gasteiger partial charge < -0.3 is 5.32 Å². The van der Waals surface area contributed by atoms with Gasteiger partial charge in [0, 0.05) is 27.4 Å². The van der Waals surface area contributed by atoms with Crippen LogP contribution in [-0.2, 0) is 6.54 Å². The summed E-state index contributed by atoms with van der Waals surface area (Å²) in [6, 6.07) is 13.2. The first kappa shape index (κ1) is 16.4. The van der Waals surface area contributed by atoms with Crippen molar-refractivity contribution in [2.45, 2.75) is 50.1 Å². The van der Waals surface area contributed by atoms with E-state index < -0.39 is 0 Å². The first-order chi connectivity index (χ1) is 9.95. The van der Waals surface area contributed by atoms with Crippen LogP contribution in [-0.4, -0.2) is 6.04 Å². The lowest BCUT2D eigenvalue weighted by Gasteiger charge is -2.14. The van der Waals surface area contributed by atoms with Crippen molar-refractivity contribution >= 4 is 23.4 Å². The maximum Gasteiger partial charge on any atom is 0.0410 e. The van der Waals surface area contributed by atoms with Gasteiger partial charge in [-0.05, 0) is 54.8 Å². The van der Waals surface area contributed by atoms with Gasteiger partial charge in [-0.2, -0.15) is 0 Å². The molecule has 0 fully saturated rings. The number of benzene rings is 2. The molecule has 0 heterocycles. The van der Waals surface area contributed by atoms with Crippen LogP contribution in [0.15, 0.2) is 46.2 Å². The highest BCUT2D eigenvalue weighted by Gasteiger charge is 2.08. The number of hydrogen-bond acceptors (Lipinski definition) is 2. The molecule has 2 aromatic carbocycles. The van der Waals surface area contributed by atoms with Gasteiger partial charge in [-0.1, -0.05) is 49.3 Å². The molecule has 0 saturated carbocycles. The summed E-state index contributed by atoms with van der Waals surface area (Å²) in [4.78, 5) is 2.57. The molecular weight excluding hydrogens is 298 g/mol. The first-order valence-electron chi connectivity index (χ1n) is 7.22. The van der Waals surface area contributed by atoms with E-state index in [0.29, 0.717) is 6.04 Å². The highest BCUT2D eigenvalue weighted by atomic mass is 35.5. The molecule has 2 aromatic rings. The molecule has 0 aliphatic carbocycles. The Bertz CT molecular complexity index is 623. The Morgan fingerprint density at radius 1 is 1.05 bits per heavy atom. The minimum absolute atomic E-state index is 0.461. The second-order valence-corrected chi connectivity index (χ2v) is 7.18. The lowest BCUT2D eigenvalue weighted by molar-refractivity contribution is 0.585. The van der Waals surface area contributed by atoms with E-state index >= 15 is 0 Å². The molecule has 2 rings (SSSR count). The van der Waals surface area contributed by atoms with E-state index in [1.807, 2.05) is 17.8 Å². The van der Waals surface area contributed by atoms with E-state index in [4.69, 9.17) is 11.6 Å². The Morgan fingerprint density at radius 2 is 1.81 bits per heavy atom. The van der Waals surface area contributed by atoms with Crippen molar-refractivity contribution in [1.29, 1.82) is 0 Å². The average molecular weight is 320 g/mol. The van der Waals surface area contributed by atoms with Gasteiger partial charge in [0.1, 0.15) is 0 Å². The summed E-state index contributed by atoms with van der Waals surface area (Å²) < 4.78 is 0. The Balaban J connectivity index is 2.28. The Morgan fingerprint density at radius 3 is 2.52 bits per heavy atom. The number of hydrogen-bond donors (Lipinski definition) is 1. The summed E-state index contributed by atoms with van der Waals surface area (Å²) in [5, 5.41) is 4.26. The standard InChI is InChI=1S/C18H22ClNS/c1-12(2)20-11-15-10-16(19)7-8-17(15)21-18-9-13(3)5-6-14(18)4/h5-10,12,20H,11H2,1-4H3. The third kappa shape index (κ3) is 4.77. The molecular formula is C18H22ClNS. The summed E-state index contributed by atoms with van der Waals surface area (Å²) >= 11 is 7.97. The van der Waals surface area contributed by atoms with Gasteiger partial charge in [-0.15, -0.1) is 0 Å². The van der Waals surface area contributed by atoms with Crippen LogP contribution in [0, 0.1) is 13.8 Å². The summed E-state index contributed by atoms with van der Waals surface area (Å²) in [5.41, 5.74) is 3.85. The molecule has 0 aliphatic heterocycles. The number of aryl methyl sites for hydroxylation is 2. The molecule has 0 aliphatic rings. The van der Waals surface area contributed by atoms with Crippen molar-refractivity contribution in [1.82, 2.24) is 5.32 Å². The van der Waals surface area contributed by atoms with Gasteiger partial charge in [0.2, 0.25) is 0 Å².